The quantitative estimate of drug-likeness (QED) is 0.594. The molecule has 0 radical (unpaired) electrons. The molecule has 3 nitrogen and oxygen atoms in total. The Morgan fingerprint density at radius 3 is 2.81 bits per heavy atom. The van der Waals surface area contributed by atoms with Crippen LogP contribution < -0.4 is 5.43 Å². The molecule has 1 aromatic carbocycles. The van der Waals surface area contributed by atoms with Crippen molar-refractivity contribution in [3.05, 3.63) is 35.9 Å². The van der Waals surface area contributed by atoms with Crippen molar-refractivity contribution in [2.45, 2.75) is 25.7 Å². The summed E-state index contributed by atoms with van der Waals surface area (Å²) in [5.74, 6) is 0.294. The topological polar surface area (TPSA) is 41.5 Å². The molecule has 0 spiro atoms. The monoisotopic (exact) mass is 216 g/mol. The van der Waals surface area contributed by atoms with Crippen LogP contribution in [0.1, 0.15) is 24.8 Å². The molecule has 1 saturated carbocycles. The Bertz CT molecular complexity index is 369. The summed E-state index contributed by atoms with van der Waals surface area (Å²) in [4.78, 5) is 11.2. The molecule has 0 heterocycles. The molecule has 1 N–H and O–H groups in total. The third kappa shape index (κ3) is 3.50. The van der Waals surface area contributed by atoms with E-state index in [1.165, 1.54) is 5.56 Å². The normalized spacial score (nSPS) is 15.2. The van der Waals surface area contributed by atoms with Crippen molar-refractivity contribution in [2.24, 2.45) is 11.0 Å². The summed E-state index contributed by atoms with van der Waals surface area (Å²) in [6, 6.07) is 10.3. The van der Waals surface area contributed by atoms with Gasteiger partial charge in [0.15, 0.2) is 0 Å². The molecule has 0 bridgehead atoms. The van der Waals surface area contributed by atoms with Gasteiger partial charge in [-0.1, -0.05) is 30.3 Å². The van der Waals surface area contributed by atoms with Crippen LogP contribution in [0.2, 0.25) is 0 Å². The number of carbonyl (C=O) groups is 1. The number of carbonyl (C=O) groups excluding carboxylic acids is 1. The number of hydrazone groups is 1. The lowest BCUT2D eigenvalue weighted by Crippen LogP contribution is -2.18. The Kier molecular flexibility index (Phi) is 3.70. The van der Waals surface area contributed by atoms with Crippen LogP contribution in [0.5, 0.6) is 0 Å². The highest BCUT2D eigenvalue weighted by atomic mass is 16.2. The van der Waals surface area contributed by atoms with Crippen LogP contribution in [0.4, 0.5) is 0 Å². The number of amides is 1. The standard InChI is InChI=1S/C13H16N2O/c16-13(12-8-9-12)15-14-10-4-7-11-5-2-1-3-6-11/h1-3,5-6,10,12H,4,7-9H2,(H,15,16)/b14-10+. The van der Waals surface area contributed by atoms with Gasteiger partial charge in [-0.2, -0.15) is 5.10 Å². The van der Waals surface area contributed by atoms with Crippen LogP contribution in [0.3, 0.4) is 0 Å². The lowest BCUT2D eigenvalue weighted by Gasteiger charge is -1.97. The number of hydrogen-bond acceptors (Lipinski definition) is 2. The predicted molar refractivity (Wildman–Crippen MR) is 64.1 cm³/mol. The Morgan fingerprint density at radius 1 is 1.38 bits per heavy atom. The number of rotatable bonds is 5. The van der Waals surface area contributed by atoms with Gasteiger partial charge in [0.05, 0.1) is 0 Å². The Balaban J connectivity index is 1.64. The van der Waals surface area contributed by atoms with Gasteiger partial charge in [0, 0.05) is 12.1 Å². The number of benzene rings is 1. The van der Waals surface area contributed by atoms with E-state index in [4.69, 9.17) is 0 Å². The van der Waals surface area contributed by atoms with Crippen LogP contribution in [0, 0.1) is 5.92 Å². The van der Waals surface area contributed by atoms with Gasteiger partial charge in [-0.05, 0) is 31.2 Å². The zero-order chi connectivity index (χ0) is 11.2. The molecule has 1 aliphatic rings. The molecule has 0 saturated heterocycles. The van der Waals surface area contributed by atoms with Crippen LogP contribution in [-0.2, 0) is 11.2 Å². The first-order valence-electron chi connectivity index (χ1n) is 5.71. The minimum absolute atomic E-state index is 0.0657. The summed E-state index contributed by atoms with van der Waals surface area (Å²) in [5.41, 5.74) is 3.86. The lowest BCUT2D eigenvalue weighted by molar-refractivity contribution is -0.122. The van der Waals surface area contributed by atoms with E-state index in [0.717, 1.165) is 25.7 Å². The van der Waals surface area contributed by atoms with Gasteiger partial charge in [0.2, 0.25) is 5.91 Å². The fourth-order valence-corrected chi connectivity index (χ4v) is 1.49. The van der Waals surface area contributed by atoms with E-state index in [9.17, 15) is 4.79 Å². The molecule has 0 atom stereocenters. The molecular formula is C13H16N2O. The molecule has 1 aliphatic carbocycles. The predicted octanol–water partition coefficient (Wildman–Crippen LogP) is 2.13. The van der Waals surface area contributed by atoms with Gasteiger partial charge < -0.3 is 0 Å². The molecule has 0 unspecified atom stereocenters. The van der Waals surface area contributed by atoms with E-state index < -0.39 is 0 Å². The largest absolute Gasteiger partial charge is 0.273 e. The molecule has 1 aromatic rings. The molecule has 1 amide bonds. The maximum Gasteiger partial charge on any atom is 0.243 e. The van der Waals surface area contributed by atoms with Crippen molar-refractivity contribution in [2.75, 3.05) is 0 Å². The second-order valence-electron chi connectivity index (χ2n) is 4.09. The van der Waals surface area contributed by atoms with Gasteiger partial charge in [-0.15, -0.1) is 0 Å². The molecule has 0 aromatic heterocycles. The van der Waals surface area contributed by atoms with Gasteiger partial charge in [0.25, 0.3) is 0 Å². The third-order valence-electron chi connectivity index (χ3n) is 2.62. The maximum atomic E-state index is 11.2. The molecule has 2 rings (SSSR count). The van der Waals surface area contributed by atoms with Crippen molar-refractivity contribution in [1.29, 1.82) is 0 Å². The van der Waals surface area contributed by atoms with E-state index in [1.807, 2.05) is 18.2 Å². The second kappa shape index (κ2) is 5.45. The third-order valence-corrected chi connectivity index (χ3v) is 2.62. The summed E-state index contributed by atoms with van der Waals surface area (Å²) in [7, 11) is 0. The highest BCUT2D eigenvalue weighted by Gasteiger charge is 2.29. The van der Waals surface area contributed by atoms with E-state index in [2.05, 4.69) is 22.7 Å². The average Bonchev–Trinajstić information content (AvgIpc) is 3.13. The van der Waals surface area contributed by atoms with Crippen molar-refractivity contribution in [1.82, 2.24) is 5.43 Å². The minimum atomic E-state index is 0.0657. The van der Waals surface area contributed by atoms with E-state index >= 15 is 0 Å². The van der Waals surface area contributed by atoms with Crippen LogP contribution in [0.15, 0.2) is 35.4 Å². The Labute approximate surface area is 95.6 Å². The number of hydrogen-bond donors (Lipinski definition) is 1. The highest BCUT2D eigenvalue weighted by Crippen LogP contribution is 2.28. The minimum Gasteiger partial charge on any atom is -0.273 e. The molecule has 1 fully saturated rings. The summed E-state index contributed by atoms with van der Waals surface area (Å²) < 4.78 is 0. The number of nitrogens with one attached hydrogen (secondary N) is 1. The fourth-order valence-electron chi connectivity index (χ4n) is 1.49. The van der Waals surface area contributed by atoms with Gasteiger partial charge >= 0.3 is 0 Å². The van der Waals surface area contributed by atoms with Gasteiger partial charge in [0.1, 0.15) is 0 Å². The van der Waals surface area contributed by atoms with E-state index in [0.29, 0.717) is 0 Å². The van der Waals surface area contributed by atoms with Crippen LogP contribution >= 0.6 is 0 Å². The highest BCUT2D eigenvalue weighted by molar-refractivity contribution is 5.81. The average molecular weight is 216 g/mol. The number of aryl methyl sites for hydroxylation is 1. The molecule has 16 heavy (non-hydrogen) atoms. The maximum absolute atomic E-state index is 11.2. The van der Waals surface area contributed by atoms with E-state index in [-0.39, 0.29) is 11.8 Å². The summed E-state index contributed by atoms with van der Waals surface area (Å²) in [5, 5.41) is 3.92. The van der Waals surface area contributed by atoms with Crippen molar-refractivity contribution >= 4 is 12.1 Å². The van der Waals surface area contributed by atoms with Crippen LogP contribution in [-0.4, -0.2) is 12.1 Å². The first kappa shape index (κ1) is 10.9. The first-order valence-corrected chi connectivity index (χ1v) is 5.71. The summed E-state index contributed by atoms with van der Waals surface area (Å²) >= 11 is 0. The Morgan fingerprint density at radius 2 is 2.12 bits per heavy atom. The second-order valence-corrected chi connectivity index (χ2v) is 4.09. The van der Waals surface area contributed by atoms with Gasteiger partial charge in [-0.3, -0.25) is 4.79 Å². The fraction of sp³-hybridized carbons (Fsp3) is 0.385. The van der Waals surface area contributed by atoms with Crippen LogP contribution in [0.25, 0.3) is 0 Å². The number of nitrogens with zero attached hydrogens (tertiary/aromatic N) is 1. The zero-order valence-corrected chi connectivity index (χ0v) is 9.23. The molecular weight excluding hydrogens is 200 g/mol. The SMILES string of the molecule is O=C(N/N=C/CCc1ccccc1)C1CC1. The van der Waals surface area contributed by atoms with Crippen molar-refractivity contribution in [3.63, 3.8) is 0 Å². The molecule has 84 valence electrons. The summed E-state index contributed by atoms with van der Waals surface area (Å²) in [6.07, 6.45) is 5.63. The summed E-state index contributed by atoms with van der Waals surface area (Å²) in [6.45, 7) is 0. The van der Waals surface area contributed by atoms with Gasteiger partial charge in [-0.25, -0.2) is 5.43 Å². The molecule has 3 heteroatoms. The zero-order valence-electron chi connectivity index (χ0n) is 9.23. The van der Waals surface area contributed by atoms with E-state index in [1.54, 1.807) is 6.21 Å². The smallest absolute Gasteiger partial charge is 0.243 e. The first-order chi connectivity index (χ1) is 7.86. The lowest BCUT2D eigenvalue weighted by atomic mass is 10.1. The Hall–Kier alpha value is -1.64. The van der Waals surface area contributed by atoms with Crippen molar-refractivity contribution in [3.8, 4) is 0 Å². The van der Waals surface area contributed by atoms with Crippen molar-refractivity contribution < 1.29 is 4.79 Å². The molecule has 0 aliphatic heterocycles.